The third kappa shape index (κ3) is 5.37. The van der Waals surface area contributed by atoms with E-state index in [-0.39, 0.29) is 5.92 Å². The van der Waals surface area contributed by atoms with E-state index in [4.69, 9.17) is 0 Å². The fourth-order valence-electron chi connectivity index (χ4n) is 6.91. The van der Waals surface area contributed by atoms with E-state index < -0.39 is 17.8 Å². The molecule has 0 unspecified atom stereocenters. The number of hydrogen-bond acceptors (Lipinski definition) is 3. The molecule has 0 aromatic heterocycles. The first-order chi connectivity index (χ1) is 14.4. The highest BCUT2D eigenvalue weighted by Crippen LogP contribution is 2.60. The second kappa shape index (κ2) is 9.53. The minimum absolute atomic E-state index is 0.149. The lowest BCUT2D eigenvalue weighted by Gasteiger charge is -2.44. The molecule has 3 aliphatic rings. The van der Waals surface area contributed by atoms with Gasteiger partial charge in [-0.2, -0.15) is 0 Å². The Kier molecular flexibility index (Phi) is 7.61. The molecule has 3 saturated carbocycles. The minimum atomic E-state index is -0.648. The SMILES string of the molecule is C=C1/C(=C\C=C2/CCC[C@]3(C)[C@@H]([C@H](C)CCCC(C)(C)O)CC[C@@H]23)C[C@H](O)[C@H](C)[C@@H]1O. The molecule has 0 aromatic carbocycles. The van der Waals surface area contributed by atoms with Crippen LogP contribution >= 0.6 is 0 Å². The van der Waals surface area contributed by atoms with Crippen molar-refractivity contribution < 1.29 is 15.3 Å². The Bertz CT molecular complexity index is 712. The molecule has 0 heterocycles. The fourth-order valence-corrected chi connectivity index (χ4v) is 6.91. The van der Waals surface area contributed by atoms with Crippen LogP contribution in [0.1, 0.15) is 92.4 Å². The van der Waals surface area contributed by atoms with Crippen LogP contribution in [-0.2, 0) is 0 Å². The third-order valence-electron chi connectivity index (χ3n) is 8.97. The highest BCUT2D eigenvalue weighted by molar-refractivity contribution is 5.39. The molecule has 3 fully saturated rings. The first kappa shape index (κ1) is 24.7. The molecule has 7 atom stereocenters. The summed E-state index contributed by atoms with van der Waals surface area (Å²) in [5, 5.41) is 30.7. The maximum Gasteiger partial charge on any atom is 0.0837 e. The summed E-state index contributed by atoms with van der Waals surface area (Å²) >= 11 is 0. The summed E-state index contributed by atoms with van der Waals surface area (Å²) in [5.74, 6) is 1.94. The predicted molar refractivity (Wildman–Crippen MR) is 129 cm³/mol. The van der Waals surface area contributed by atoms with Gasteiger partial charge in [0, 0.05) is 5.92 Å². The van der Waals surface area contributed by atoms with Crippen molar-refractivity contribution in [1.82, 2.24) is 0 Å². The average molecular weight is 431 g/mol. The van der Waals surface area contributed by atoms with Gasteiger partial charge in [0.15, 0.2) is 0 Å². The van der Waals surface area contributed by atoms with E-state index in [0.717, 1.165) is 36.3 Å². The fraction of sp³-hybridized carbons (Fsp3) is 0.786. The van der Waals surface area contributed by atoms with Crippen LogP contribution in [0, 0.1) is 29.1 Å². The van der Waals surface area contributed by atoms with Crippen LogP contribution in [0.5, 0.6) is 0 Å². The molecule has 176 valence electrons. The zero-order valence-corrected chi connectivity index (χ0v) is 20.5. The number of hydrogen-bond donors (Lipinski definition) is 3. The summed E-state index contributed by atoms with van der Waals surface area (Å²) in [5.41, 5.74) is 3.15. The second-order valence-electron chi connectivity index (χ2n) is 11.8. The van der Waals surface area contributed by atoms with Gasteiger partial charge in [0.05, 0.1) is 17.8 Å². The third-order valence-corrected chi connectivity index (χ3v) is 8.97. The van der Waals surface area contributed by atoms with Gasteiger partial charge in [0.2, 0.25) is 0 Å². The van der Waals surface area contributed by atoms with Crippen molar-refractivity contribution in [3.05, 3.63) is 35.5 Å². The lowest BCUT2D eigenvalue weighted by Crippen LogP contribution is -2.36. The summed E-state index contributed by atoms with van der Waals surface area (Å²) in [7, 11) is 0. The summed E-state index contributed by atoms with van der Waals surface area (Å²) in [6, 6.07) is 0. The van der Waals surface area contributed by atoms with Gasteiger partial charge in [0.1, 0.15) is 0 Å². The van der Waals surface area contributed by atoms with Crippen LogP contribution in [0.3, 0.4) is 0 Å². The quantitative estimate of drug-likeness (QED) is 0.488. The molecule has 0 aliphatic heterocycles. The zero-order valence-electron chi connectivity index (χ0n) is 20.5. The van der Waals surface area contributed by atoms with E-state index in [1.54, 1.807) is 5.57 Å². The van der Waals surface area contributed by atoms with Crippen LogP contribution in [0.15, 0.2) is 35.5 Å². The number of aliphatic hydroxyl groups is 3. The maximum atomic E-state index is 10.4. The highest BCUT2D eigenvalue weighted by Gasteiger charge is 2.50. The molecule has 0 saturated heterocycles. The van der Waals surface area contributed by atoms with Crippen LogP contribution < -0.4 is 0 Å². The van der Waals surface area contributed by atoms with Crippen molar-refractivity contribution in [2.75, 3.05) is 0 Å². The Balaban J connectivity index is 1.71. The molecule has 0 aromatic rings. The largest absolute Gasteiger partial charge is 0.392 e. The lowest BCUT2D eigenvalue weighted by molar-refractivity contribution is 0.0283. The van der Waals surface area contributed by atoms with Crippen molar-refractivity contribution >= 4 is 0 Å². The molecular formula is C28H46O3. The van der Waals surface area contributed by atoms with Crippen molar-refractivity contribution in [3.63, 3.8) is 0 Å². The Morgan fingerprint density at radius 2 is 1.94 bits per heavy atom. The molecular weight excluding hydrogens is 384 g/mol. The predicted octanol–water partition coefficient (Wildman–Crippen LogP) is 5.95. The van der Waals surface area contributed by atoms with Crippen molar-refractivity contribution in [1.29, 1.82) is 0 Å². The minimum Gasteiger partial charge on any atom is -0.392 e. The van der Waals surface area contributed by atoms with E-state index in [2.05, 4.69) is 32.6 Å². The Labute approximate surface area is 190 Å². The van der Waals surface area contributed by atoms with Crippen LogP contribution in [0.4, 0.5) is 0 Å². The monoisotopic (exact) mass is 430 g/mol. The van der Waals surface area contributed by atoms with E-state index in [0.29, 0.717) is 23.7 Å². The first-order valence-corrected chi connectivity index (χ1v) is 12.6. The summed E-state index contributed by atoms with van der Waals surface area (Å²) < 4.78 is 0. The van der Waals surface area contributed by atoms with Gasteiger partial charge in [-0.05, 0) is 93.1 Å². The number of allylic oxidation sites excluding steroid dienone is 3. The second-order valence-corrected chi connectivity index (χ2v) is 11.8. The molecule has 0 amide bonds. The van der Waals surface area contributed by atoms with Gasteiger partial charge < -0.3 is 15.3 Å². The molecule has 3 rings (SSSR count). The lowest BCUT2D eigenvalue weighted by atomic mass is 9.60. The van der Waals surface area contributed by atoms with Gasteiger partial charge in [-0.3, -0.25) is 0 Å². The smallest absolute Gasteiger partial charge is 0.0837 e. The molecule has 0 bridgehead atoms. The van der Waals surface area contributed by atoms with E-state index >= 15 is 0 Å². The normalized spacial score (nSPS) is 40.4. The van der Waals surface area contributed by atoms with E-state index in [1.165, 1.54) is 32.1 Å². The molecule has 3 heteroatoms. The van der Waals surface area contributed by atoms with Gasteiger partial charge >= 0.3 is 0 Å². The Morgan fingerprint density at radius 3 is 2.61 bits per heavy atom. The summed E-state index contributed by atoms with van der Waals surface area (Å²) in [6.45, 7) is 14.8. The van der Waals surface area contributed by atoms with Gasteiger partial charge in [0.25, 0.3) is 0 Å². The number of aliphatic hydroxyl groups excluding tert-OH is 2. The van der Waals surface area contributed by atoms with Crippen molar-refractivity contribution in [2.24, 2.45) is 29.1 Å². The first-order valence-electron chi connectivity index (χ1n) is 12.6. The molecule has 0 radical (unpaired) electrons. The molecule has 3 N–H and O–H groups in total. The Hall–Kier alpha value is -0.900. The summed E-state index contributed by atoms with van der Waals surface area (Å²) in [4.78, 5) is 0. The topological polar surface area (TPSA) is 60.7 Å². The average Bonchev–Trinajstić information content (AvgIpc) is 3.04. The van der Waals surface area contributed by atoms with Crippen LogP contribution in [-0.4, -0.2) is 33.1 Å². The highest BCUT2D eigenvalue weighted by atomic mass is 16.3. The molecule has 3 nitrogen and oxygen atoms in total. The number of fused-ring (bicyclic) bond motifs is 1. The molecule has 0 spiro atoms. The van der Waals surface area contributed by atoms with Crippen molar-refractivity contribution in [3.8, 4) is 0 Å². The van der Waals surface area contributed by atoms with Crippen LogP contribution in [0.25, 0.3) is 0 Å². The van der Waals surface area contributed by atoms with Crippen molar-refractivity contribution in [2.45, 2.75) is 110 Å². The van der Waals surface area contributed by atoms with E-state index in [9.17, 15) is 15.3 Å². The molecule has 31 heavy (non-hydrogen) atoms. The van der Waals surface area contributed by atoms with Gasteiger partial charge in [-0.15, -0.1) is 0 Å². The van der Waals surface area contributed by atoms with Gasteiger partial charge in [-0.1, -0.05) is 57.9 Å². The Morgan fingerprint density at radius 1 is 1.23 bits per heavy atom. The number of rotatable bonds is 6. The zero-order chi connectivity index (χ0) is 23.0. The van der Waals surface area contributed by atoms with Gasteiger partial charge in [-0.25, -0.2) is 0 Å². The maximum absolute atomic E-state index is 10.4. The molecule has 3 aliphatic carbocycles. The summed E-state index contributed by atoms with van der Waals surface area (Å²) in [6.07, 6.45) is 13.4. The van der Waals surface area contributed by atoms with Crippen LogP contribution in [0.2, 0.25) is 0 Å². The van der Waals surface area contributed by atoms with E-state index in [1.807, 2.05) is 20.8 Å². The standard InChI is InChI=1S/C28H46O3/c1-18(9-7-15-27(4,5)31)23-13-14-24-21(10-8-16-28(23,24)6)11-12-22-17-25(29)20(3)26(30)19(22)2/h11-12,18,20,23-26,29-31H,2,7-10,13-17H2,1,3-6H3/b21-11+,22-12-/t18-,20+,23-,24+,25+,26-,28-/m1/s1.